The molecule has 0 heterocycles. The monoisotopic (exact) mass is 267 g/mol. The van der Waals surface area contributed by atoms with Crippen molar-refractivity contribution in [2.45, 2.75) is 44.6 Å². The van der Waals surface area contributed by atoms with Gasteiger partial charge in [-0.2, -0.15) is 0 Å². The van der Waals surface area contributed by atoms with Crippen molar-refractivity contribution in [1.29, 1.82) is 0 Å². The third-order valence-corrected chi connectivity index (χ3v) is 3.61. The SMILES string of the molecule is CC(C)(C)c1ccc(Br)cc1C1(N)CC1. The lowest BCUT2D eigenvalue weighted by molar-refractivity contribution is 0.567. The van der Waals surface area contributed by atoms with Crippen molar-refractivity contribution in [1.82, 2.24) is 0 Å². The molecule has 2 N–H and O–H groups in total. The van der Waals surface area contributed by atoms with E-state index >= 15 is 0 Å². The lowest BCUT2D eigenvalue weighted by Gasteiger charge is -2.26. The topological polar surface area (TPSA) is 26.0 Å². The van der Waals surface area contributed by atoms with Crippen molar-refractivity contribution in [2.24, 2.45) is 5.73 Å². The van der Waals surface area contributed by atoms with Gasteiger partial charge in [0.2, 0.25) is 0 Å². The van der Waals surface area contributed by atoms with Crippen molar-refractivity contribution in [3.8, 4) is 0 Å². The molecule has 1 aliphatic carbocycles. The number of rotatable bonds is 1. The van der Waals surface area contributed by atoms with Crippen LogP contribution in [-0.2, 0) is 11.0 Å². The summed E-state index contributed by atoms with van der Waals surface area (Å²) in [5.41, 5.74) is 9.14. The summed E-state index contributed by atoms with van der Waals surface area (Å²) in [5, 5.41) is 0. The van der Waals surface area contributed by atoms with E-state index in [1.807, 2.05) is 0 Å². The van der Waals surface area contributed by atoms with Gasteiger partial charge in [0.25, 0.3) is 0 Å². The smallest absolute Gasteiger partial charge is 0.0414 e. The van der Waals surface area contributed by atoms with Crippen LogP contribution >= 0.6 is 15.9 Å². The second kappa shape index (κ2) is 3.33. The lowest BCUT2D eigenvalue weighted by Crippen LogP contribution is -2.25. The second-order valence-electron chi connectivity index (χ2n) is 5.60. The highest BCUT2D eigenvalue weighted by Gasteiger charge is 2.42. The molecular formula is C13H18BrN. The maximum Gasteiger partial charge on any atom is 0.0414 e. The molecule has 0 unspecified atom stereocenters. The van der Waals surface area contributed by atoms with E-state index in [-0.39, 0.29) is 11.0 Å². The fourth-order valence-electron chi connectivity index (χ4n) is 1.99. The molecule has 0 amide bonds. The van der Waals surface area contributed by atoms with Crippen LogP contribution in [0.3, 0.4) is 0 Å². The average Bonchev–Trinajstić information content (AvgIpc) is 2.83. The van der Waals surface area contributed by atoms with Crippen LogP contribution in [0.1, 0.15) is 44.7 Å². The molecule has 1 aliphatic rings. The minimum absolute atomic E-state index is 0.0492. The summed E-state index contributed by atoms with van der Waals surface area (Å²) < 4.78 is 1.13. The summed E-state index contributed by atoms with van der Waals surface area (Å²) in [5.74, 6) is 0. The van der Waals surface area contributed by atoms with E-state index in [4.69, 9.17) is 5.73 Å². The first-order valence-corrected chi connectivity index (χ1v) is 6.22. The molecule has 0 aromatic heterocycles. The Morgan fingerprint density at radius 1 is 1.27 bits per heavy atom. The van der Waals surface area contributed by atoms with Gasteiger partial charge < -0.3 is 5.73 Å². The zero-order valence-corrected chi connectivity index (χ0v) is 11.2. The number of nitrogens with two attached hydrogens (primary N) is 1. The van der Waals surface area contributed by atoms with Crippen molar-refractivity contribution >= 4 is 15.9 Å². The van der Waals surface area contributed by atoms with E-state index in [1.54, 1.807) is 0 Å². The van der Waals surface area contributed by atoms with E-state index in [0.29, 0.717) is 0 Å². The first-order chi connectivity index (χ1) is 6.83. The Morgan fingerprint density at radius 2 is 1.87 bits per heavy atom. The zero-order valence-electron chi connectivity index (χ0n) is 9.60. The van der Waals surface area contributed by atoms with Gasteiger partial charge >= 0.3 is 0 Å². The van der Waals surface area contributed by atoms with Gasteiger partial charge in [0.1, 0.15) is 0 Å². The largest absolute Gasteiger partial charge is 0.321 e. The number of halogens is 1. The highest BCUT2D eigenvalue weighted by atomic mass is 79.9. The Hall–Kier alpha value is -0.340. The van der Waals surface area contributed by atoms with Crippen LogP contribution in [-0.4, -0.2) is 0 Å². The highest BCUT2D eigenvalue weighted by molar-refractivity contribution is 9.10. The summed E-state index contributed by atoms with van der Waals surface area (Å²) in [6.45, 7) is 6.72. The molecule has 82 valence electrons. The summed E-state index contributed by atoms with van der Waals surface area (Å²) in [4.78, 5) is 0. The van der Waals surface area contributed by atoms with E-state index in [2.05, 4.69) is 54.9 Å². The Bertz CT molecular complexity index is 386. The third kappa shape index (κ3) is 2.11. The Balaban J connectivity index is 2.55. The molecule has 1 fully saturated rings. The minimum Gasteiger partial charge on any atom is -0.321 e. The fourth-order valence-corrected chi connectivity index (χ4v) is 2.35. The van der Waals surface area contributed by atoms with Gasteiger partial charge in [-0.25, -0.2) is 0 Å². The van der Waals surface area contributed by atoms with E-state index in [0.717, 1.165) is 17.3 Å². The Morgan fingerprint density at radius 3 is 2.33 bits per heavy atom. The first-order valence-electron chi connectivity index (χ1n) is 5.42. The highest BCUT2D eigenvalue weighted by Crippen LogP contribution is 2.47. The molecule has 1 nitrogen and oxygen atoms in total. The molecule has 2 heteroatoms. The van der Waals surface area contributed by atoms with Gasteiger partial charge in [-0.15, -0.1) is 0 Å². The minimum atomic E-state index is -0.0492. The average molecular weight is 268 g/mol. The van der Waals surface area contributed by atoms with Crippen LogP contribution in [0.2, 0.25) is 0 Å². The van der Waals surface area contributed by atoms with Gasteiger partial charge in [0.15, 0.2) is 0 Å². The number of hydrogen-bond donors (Lipinski definition) is 1. The summed E-state index contributed by atoms with van der Waals surface area (Å²) in [6.07, 6.45) is 2.24. The molecule has 0 bridgehead atoms. The predicted octanol–water partition coefficient (Wildman–Crippen LogP) is 3.69. The molecule has 15 heavy (non-hydrogen) atoms. The van der Waals surface area contributed by atoms with Crippen LogP contribution in [0, 0.1) is 0 Å². The maximum absolute atomic E-state index is 6.31. The number of hydrogen-bond acceptors (Lipinski definition) is 1. The van der Waals surface area contributed by atoms with Crippen LogP contribution in [0.25, 0.3) is 0 Å². The Labute approximate surface area is 100 Å². The fraction of sp³-hybridized carbons (Fsp3) is 0.538. The molecule has 0 saturated heterocycles. The molecule has 1 saturated carbocycles. The van der Waals surface area contributed by atoms with Crippen molar-refractivity contribution in [3.63, 3.8) is 0 Å². The lowest BCUT2D eigenvalue weighted by atomic mass is 9.81. The van der Waals surface area contributed by atoms with Crippen LogP contribution in [0.5, 0.6) is 0 Å². The molecule has 0 radical (unpaired) electrons. The van der Waals surface area contributed by atoms with E-state index < -0.39 is 0 Å². The van der Waals surface area contributed by atoms with Gasteiger partial charge in [0, 0.05) is 10.0 Å². The third-order valence-electron chi connectivity index (χ3n) is 3.11. The molecule has 2 rings (SSSR count). The van der Waals surface area contributed by atoms with Crippen LogP contribution < -0.4 is 5.73 Å². The molecule has 0 atom stereocenters. The molecular weight excluding hydrogens is 250 g/mol. The molecule has 0 aliphatic heterocycles. The summed E-state index contributed by atoms with van der Waals surface area (Å²) in [6, 6.07) is 6.50. The first kappa shape index (κ1) is 11.2. The molecule has 1 aromatic rings. The van der Waals surface area contributed by atoms with Crippen molar-refractivity contribution in [2.75, 3.05) is 0 Å². The number of benzene rings is 1. The van der Waals surface area contributed by atoms with Crippen LogP contribution in [0.15, 0.2) is 22.7 Å². The summed E-state index contributed by atoms with van der Waals surface area (Å²) >= 11 is 3.53. The van der Waals surface area contributed by atoms with Gasteiger partial charge in [-0.05, 0) is 41.5 Å². The predicted molar refractivity (Wildman–Crippen MR) is 67.9 cm³/mol. The van der Waals surface area contributed by atoms with E-state index in [9.17, 15) is 0 Å². The maximum atomic E-state index is 6.31. The van der Waals surface area contributed by atoms with Gasteiger partial charge in [-0.3, -0.25) is 0 Å². The Kier molecular flexibility index (Phi) is 2.47. The van der Waals surface area contributed by atoms with Gasteiger partial charge in [0.05, 0.1) is 0 Å². The molecule has 1 aromatic carbocycles. The normalized spacial score (nSPS) is 19.0. The van der Waals surface area contributed by atoms with Gasteiger partial charge in [-0.1, -0.05) is 42.8 Å². The van der Waals surface area contributed by atoms with E-state index in [1.165, 1.54) is 11.1 Å². The van der Waals surface area contributed by atoms with Crippen molar-refractivity contribution < 1.29 is 0 Å². The molecule has 0 spiro atoms. The standard InChI is InChI=1S/C13H18BrN/c1-12(2,3)10-5-4-9(14)8-11(10)13(15)6-7-13/h4-5,8H,6-7,15H2,1-3H3. The summed E-state index contributed by atoms with van der Waals surface area (Å²) in [7, 11) is 0. The van der Waals surface area contributed by atoms with Crippen LogP contribution in [0.4, 0.5) is 0 Å². The zero-order chi connectivity index (χ0) is 11.3. The second-order valence-corrected chi connectivity index (χ2v) is 6.51. The van der Waals surface area contributed by atoms with Crippen molar-refractivity contribution in [3.05, 3.63) is 33.8 Å². The quantitative estimate of drug-likeness (QED) is 0.825.